The summed E-state index contributed by atoms with van der Waals surface area (Å²) < 4.78 is 13.1. The Kier molecular flexibility index (Phi) is 7.05. The van der Waals surface area contributed by atoms with Crippen molar-refractivity contribution in [2.24, 2.45) is 5.92 Å². The first-order valence-corrected chi connectivity index (χ1v) is 10.4. The molecule has 2 aromatic rings. The molecule has 3 amide bonds. The Morgan fingerprint density at radius 1 is 1.06 bits per heavy atom. The molecule has 0 spiro atoms. The highest BCUT2D eigenvalue weighted by Crippen LogP contribution is 2.21. The molecule has 2 aromatic carbocycles. The first-order chi connectivity index (χ1) is 14.7. The number of carbonyl (C=O) groups is 3. The zero-order valence-corrected chi connectivity index (χ0v) is 18.2. The molecule has 1 aliphatic heterocycles. The third-order valence-corrected chi connectivity index (χ3v) is 5.65. The van der Waals surface area contributed by atoms with Crippen LogP contribution >= 0.6 is 0 Å². The number of piperidine rings is 1. The molecule has 0 radical (unpaired) electrons. The number of nitrogens with one attached hydrogen (secondary N) is 1. The lowest BCUT2D eigenvalue weighted by Crippen LogP contribution is -2.45. The largest absolute Gasteiger partial charge is 0.339 e. The zero-order valence-electron chi connectivity index (χ0n) is 18.2. The van der Waals surface area contributed by atoms with Crippen molar-refractivity contribution in [3.05, 3.63) is 65.0 Å². The number of halogens is 1. The number of likely N-dealkylation sites (tertiary alicyclic amines) is 1. The molecule has 0 aliphatic carbocycles. The minimum atomic E-state index is -0.384. The highest BCUT2D eigenvalue weighted by molar-refractivity contribution is 5.96. The number of benzene rings is 2. The van der Waals surface area contributed by atoms with E-state index in [0.29, 0.717) is 31.5 Å². The molecule has 1 saturated heterocycles. The topological polar surface area (TPSA) is 69.7 Å². The van der Waals surface area contributed by atoms with Crippen molar-refractivity contribution in [1.82, 2.24) is 9.80 Å². The molecule has 164 valence electrons. The van der Waals surface area contributed by atoms with Crippen LogP contribution in [0.3, 0.4) is 0 Å². The fourth-order valence-corrected chi connectivity index (χ4v) is 3.77. The highest BCUT2D eigenvalue weighted by atomic mass is 19.1. The number of nitrogens with zero attached hydrogens (tertiary/aromatic N) is 2. The Balaban J connectivity index is 1.50. The molecule has 1 fully saturated rings. The Morgan fingerprint density at radius 2 is 1.71 bits per heavy atom. The lowest BCUT2D eigenvalue weighted by molar-refractivity contribution is -0.138. The van der Waals surface area contributed by atoms with E-state index in [2.05, 4.69) is 5.32 Å². The summed E-state index contributed by atoms with van der Waals surface area (Å²) in [5.41, 5.74) is 3.20. The molecule has 1 heterocycles. The van der Waals surface area contributed by atoms with Crippen LogP contribution in [-0.2, 0) is 9.59 Å². The average molecular weight is 426 g/mol. The van der Waals surface area contributed by atoms with Crippen LogP contribution in [0.2, 0.25) is 0 Å². The van der Waals surface area contributed by atoms with Crippen molar-refractivity contribution in [3.63, 3.8) is 0 Å². The van der Waals surface area contributed by atoms with E-state index < -0.39 is 0 Å². The zero-order chi connectivity index (χ0) is 22.5. The molecule has 31 heavy (non-hydrogen) atoms. The van der Waals surface area contributed by atoms with Gasteiger partial charge in [0.05, 0.1) is 6.54 Å². The summed E-state index contributed by atoms with van der Waals surface area (Å²) in [6.07, 6.45) is 1.07. The standard InChI is InChI=1S/C24H28FN3O3/c1-16-4-5-17(2)21(14-16)26-22(29)15-27(3)23(30)19-10-12-28(13-11-19)24(31)18-6-8-20(25)9-7-18/h4-9,14,19H,10-13,15H2,1-3H3,(H,26,29). The van der Waals surface area contributed by atoms with Gasteiger partial charge in [-0.15, -0.1) is 0 Å². The van der Waals surface area contributed by atoms with E-state index in [1.54, 1.807) is 11.9 Å². The fraction of sp³-hybridized carbons (Fsp3) is 0.375. The molecule has 0 bridgehead atoms. The maximum Gasteiger partial charge on any atom is 0.253 e. The number of hydrogen-bond acceptors (Lipinski definition) is 3. The second kappa shape index (κ2) is 9.73. The second-order valence-corrected chi connectivity index (χ2v) is 8.13. The fourth-order valence-electron chi connectivity index (χ4n) is 3.77. The van der Waals surface area contributed by atoms with Gasteiger partial charge >= 0.3 is 0 Å². The minimum Gasteiger partial charge on any atom is -0.339 e. The molecular weight excluding hydrogens is 397 g/mol. The van der Waals surface area contributed by atoms with E-state index in [-0.39, 0.29) is 36.0 Å². The summed E-state index contributed by atoms with van der Waals surface area (Å²) in [7, 11) is 1.63. The van der Waals surface area contributed by atoms with Crippen molar-refractivity contribution in [1.29, 1.82) is 0 Å². The van der Waals surface area contributed by atoms with Crippen LogP contribution in [0.15, 0.2) is 42.5 Å². The van der Waals surface area contributed by atoms with Crippen molar-refractivity contribution in [2.75, 3.05) is 32.0 Å². The van der Waals surface area contributed by atoms with Crippen LogP contribution in [0.5, 0.6) is 0 Å². The van der Waals surface area contributed by atoms with E-state index in [1.807, 2.05) is 32.0 Å². The average Bonchev–Trinajstić information content (AvgIpc) is 2.76. The van der Waals surface area contributed by atoms with Gasteiger partial charge < -0.3 is 15.1 Å². The minimum absolute atomic E-state index is 0.0268. The molecule has 1 aliphatic rings. The second-order valence-electron chi connectivity index (χ2n) is 8.13. The molecule has 7 heteroatoms. The van der Waals surface area contributed by atoms with Gasteiger partial charge in [-0.3, -0.25) is 14.4 Å². The third kappa shape index (κ3) is 5.69. The molecule has 3 rings (SSSR count). The maximum absolute atomic E-state index is 13.1. The van der Waals surface area contributed by atoms with Gasteiger partial charge in [-0.25, -0.2) is 4.39 Å². The summed E-state index contributed by atoms with van der Waals surface area (Å²) in [6.45, 7) is 4.76. The molecule has 6 nitrogen and oxygen atoms in total. The van der Waals surface area contributed by atoms with Gasteiger partial charge in [0.2, 0.25) is 11.8 Å². The highest BCUT2D eigenvalue weighted by Gasteiger charge is 2.30. The molecule has 0 aromatic heterocycles. The predicted octanol–water partition coefficient (Wildman–Crippen LogP) is 3.39. The SMILES string of the molecule is Cc1ccc(C)c(NC(=O)CN(C)C(=O)C2CCN(C(=O)c3ccc(F)cc3)CC2)c1. The van der Waals surface area contributed by atoms with Crippen LogP contribution < -0.4 is 5.32 Å². The smallest absolute Gasteiger partial charge is 0.253 e. The summed E-state index contributed by atoms with van der Waals surface area (Å²) >= 11 is 0. The van der Waals surface area contributed by atoms with Gasteiger partial charge in [-0.05, 0) is 68.1 Å². The molecule has 0 saturated carbocycles. The van der Waals surface area contributed by atoms with E-state index in [0.717, 1.165) is 16.8 Å². The van der Waals surface area contributed by atoms with E-state index >= 15 is 0 Å². The lowest BCUT2D eigenvalue weighted by atomic mass is 9.95. The lowest BCUT2D eigenvalue weighted by Gasteiger charge is -2.33. The first kappa shape index (κ1) is 22.5. The van der Waals surface area contributed by atoms with Crippen molar-refractivity contribution < 1.29 is 18.8 Å². The first-order valence-electron chi connectivity index (χ1n) is 10.4. The monoisotopic (exact) mass is 425 g/mol. The number of hydrogen-bond donors (Lipinski definition) is 1. The maximum atomic E-state index is 13.1. The number of rotatable bonds is 5. The van der Waals surface area contributed by atoms with Crippen molar-refractivity contribution in [3.8, 4) is 0 Å². The Hall–Kier alpha value is -3.22. The van der Waals surface area contributed by atoms with E-state index in [9.17, 15) is 18.8 Å². The normalized spacial score (nSPS) is 14.3. The Morgan fingerprint density at radius 3 is 2.35 bits per heavy atom. The Bertz CT molecular complexity index is 967. The number of anilines is 1. The number of likely N-dealkylation sites (N-methyl/N-ethyl adjacent to an activating group) is 1. The Labute approximate surface area is 182 Å². The van der Waals surface area contributed by atoms with Crippen LogP contribution in [0, 0.1) is 25.6 Å². The number of amides is 3. The van der Waals surface area contributed by atoms with E-state index in [1.165, 1.54) is 29.2 Å². The van der Waals surface area contributed by atoms with Crippen LogP contribution in [0.25, 0.3) is 0 Å². The molecular formula is C24H28FN3O3. The van der Waals surface area contributed by atoms with Crippen LogP contribution in [-0.4, -0.2) is 54.2 Å². The molecule has 0 atom stereocenters. The van der Waals surface area contributed by atoms with Gasteiger partial charge in [0, 0.05) is 37.3 Å². The van der Waals surface area contributed by atoms with Gasteiger partial charge in [-0.1, -0.05) is 12.1 Å². The van der Waals surface area contributed by atoms with Crippen molar-refractivity contribution in [2.45, 2.75) is 26.7 Å². The number of aryl methyl sites for hydroxylation is 2. The third-order valence-electron chi connectivity index (χ3n) is 5.65. The molecule has 1 N–H and O–H groups in total. The van der Waals surface area contributed by atoms with Crippen LogP contribution in [0.4, 0.5) is 10.1 Å². The van der Waals surface area contributed by atoms with Crippen molar-refractivity contribution >= 4 is 23.4 Å². The van der Waals surface area contributed by atoms with E-state index in [4.69, 9.17) is 0 Å². The van der Waals surface area contributed by atoms with Gasteiger partial charge in [0.1, 0.15) is 5.82 Å². The number of carbonyl (C=O) groups excluding carboxylic acids is 3. The quantitative estimate of drug-likeness (QED) is 0.798. The van der Waals surface area contributed by atoms with Gasteiger partial charge in [0.15, 0.2) is 0 Å². The van der Waals surface area contributed by atoms with Gasteiger partial charge in [0.25, 0.3) is 5.91 Å². The summed E-state index contributed by atoms with van der Waals surface area (Å²) in [4.78, 5) is 40.9. The summed E-state index contributed by atoms with van der Waals surface area (Å²) in [5.74, 6) is -1.10. The van der Waals surface area contributed by atoms with Crippen LogP contribution in [0.1, 0.15) is 34.3 Å². The summed E-state index contributed by atoms with van der Waals surface area (Å²) in [6, 6.07) is 11.3. The summed E-state index contributed by atoms with van der Waals surface area (Å²) in [5, 5.41) is 2.87. The predicted molar refractivity (Wildman–Crippen MR) is 117 cm³/mol. The van der Waals surface area contributed by atoms with Gasteiger partial charge in [-0.2, -0.15) is 0 Å². The molecule has 0 unspecified atom stereocenters.